The van der Waals surface area contributed by atoms with Crippen LogP contribution < -0.4 is 21.3 Å². The lowest BCUT2D eigenvalue weighted by molar-refractivity contribution is -0.143. The molecule has 2 saturated heterocycles. The summed E-state index contributed by atoms with van der Waals surface area (Å²) < 4.78 is 4.87. The number of carbonyl (C=O) groups excluding carboxylic acids is 7. The number of likely N-dealkylation sites (N-methyl/N-ethyl adjacent to an activating group) is 1. The van der Waals surface area contributed by atoms with Gasteiger partial charge in [0.15, 0.2) is 0 Å². The van der Waals surface area contributed by atoms with Gasteiger partial charge in [-0.2, -0.15) is 11.8 Å². The Labute approximate surface area is 325 Å². The maximum absolute atomic E-state index is 14.3. The Bertz CT molecular complexity index is 1480. The van der Waals surface area contributed by atoms with Crippen LogP contribution in [-0.2, 0) is 33.5 Å². The fourth-order valence-electron chi connectivity index (χ4n) is 5.77. The fraction of sp³-hybridized carbons (Fsp3) is 0.639. The van der Waals surface area contributed by atoms with Gasteiger partial charge in [0.2, 0.25) is 29.4 Å². The first-order valence-electron chi connectivity index (χ1n) is 17.6. The zero-order chi connectivity index (χ0) is 39.5. The summed E-state index contributed by atoms with van der Waals surface area (Å²) in [4.78, 5) is 96.2. The van der Waals surface area contributed by atoms with Gasteiger partial charge in [-0.25, -0.2) is 4.79 Å². The lowest BCUT2D eigenvalue weighted by Gasteiger charge is -2.36. The second-order valence-corrected chi connectivity index (χ2v) is 18.9. The molecule has 3 rings (SSSR count). The molecule has 4 atom stereocenters. The number of alkyl carbamates (subject to hydrolysis) is 1. The van der Waals surface area contributed by atoms with E-state index in [0.29, 0.717) is 12.0 Å². The van der Waals surface area contributed by atoms with Crippen molar-refractivity contribution in [3.05, 3.63) is 35.9 Å². The van der Waals surface area contributed by atoms with Crippen LogP contribution in [0.25, 0.3) is 0 Å². The molecular weight excluding hydrogens is 741 g/mol. The minimum Gasteiger partial charge on any atom is -0.449 e. The molecule has 2 unspecified atom stereocenters. The molecule has 2 aliphatic heterocycles. The number of likely N-dealkylation sites (tertiary alicyclic amines) is 1. The molecule has 0 aromatic heterocycles. The van der Waals surface area contributed by atoms with Crippen LogP contribution in [0, 0.1) is 11.3 Å². The number of Topliss-reactive ketones (excluding diaryl/α,β-unsaturated/α-hetero) is 1. The van der Waals surface area contributed by atoms with Crippen LogP contribution in [-0.4, -0.2) is 131 Å². The highest BCUT2D eigenvalue weighted by molar-refractivity contribution is 8.18. The molecule has 0 radical (unpaired) electrons. The molecule has 6 amide bonds. The van der Waals surface area contributed by atoms with Gasteiger partial charge in [-0.3, -0.25) is 28.8 Å². The Hall–Kier alpha value is -3.44. The third kappa shape index (κ3) is 12.6. The quantitative estimate of drug-likeness (QED) is 0.192. The summed E-state index contributed by atoms with van der Waals surface area (Å²) in [7, 11) is 3.12. The van der Waals surface area contributed by atoms with Crippen LogP contribution >= 0.6 is 35.3 Å². The molecule has 1 spiro atoms. The number of amides is 6. The third-order valence-electron chi connectivity index (χ3n) is 8.54. The molecule has 4 N–H and O–H groups in total. The maximum Gasteiger partial charge on any atom is 0.407 e. The van der Waals surface area contributed by atoms with E-state index >= 15 is 0 Å². The molecule has 0 bridgehead atoms. The lowest BCUT2D eigenvalue weighted by atomic mass is 9.85. The highest BCUT2D eigenvalue weighted by atomic mass is 32.2. The van der Waals surface area contributed by atoms with Crippen molar-refractivity contribution in [3.8, 4) is 0 Å². The normalized spacial score (nSPS) is 18.4. The standard InChI is InChI=1S/C36H54N6O8S3/c1-22(2)19-50-34(49)40-29(35(3,4)5)33(48)42-21-36(52-15-12-16-53-36)17-25(42)30(45)38-24(20-51-8)28(44)31(46)37-18-26(43)39-27(32(47)41(6)7)23-13-10-9-11-14-23/h9-11,13-14,22,24-25,27,29H,12,15-21H2,1-8H3,(H,37,46)(H,38,45)(H,39,43)(H,40,49)/t24?,25-,27?,29+/m0/s1. The van der Waals surface area contributed by atoms with E-state index in [1.165, 1.54) is 21.6 Å². The first-order valence-corrected chi connectivity index (χ1v) is 20.9. The Kier molecular flexibility index (Phi) is 16.4. The van der Waals surface area contributed by atoms with Crippen LogP contribution in [0.4, 0.5) is 4.79 Å². The molecule has 2 heterocycles. The van der Waals surface area contributed by atoms with Crippen molar-refractivity contribution in [1.82, 2.24) is 31.1 Å². The Morgan fingerprint density at radius 1 is 1.00 bits per heavy atom. The topological polar surface area (TPSA) is 183 Å². The average Bonchev–Trinajstić information content (AvgIpc) is 3.48. The summed E-state index contributed by atoms with van der Waals surface area (Å²) in [5, 5.41) is 10.4. The molecular formula is C36H54N6O8S3. The summed E-state index contributed by atoms with van der Waals surface area (Å²) in [6.07, 6.45) is 2.30. The van der Waals surface area contributed by atoms with Crippen molar-refractivity contribution < 1.29 is 38.3 Å². The van der Waals surface area contributed by atoms with E-state index in [1.807, 2.05) is 34.6 Å². The van der Waals surface area contributed by atoms with Crippen molar-refractivity contribution in [2.45, 2.75) is 75.7 Å². The second-order valence-electron chi connectivity index (χ2n) is 14.8. The average molecular weight is 795 g/mol. The Morgan fingerprint density at radius 3 is 2.21 bits per heavy atom. The number of hydrogen-bond donors (Lipinski definition) is 4. The van der Waals surface area contributed by atoms with Gasteiger partial charge in [-0.05, 0) is 41.1 Å². The highest BCUT2D eigenvalue weighted by Gasteiger charge is 2.53. The molecule has 2 aliphatic rings. The molecule has 0 saturated carbocycles. The number of rotatable bonds is 15. The molecule has 1 aromatic rings. The zero-order valence-corrected chi connectivity index (χ0v) is 34.3. The molecule has 53 heavy (non-hydrogen) atoms. The number of thioether (sulfide) groups is 3. The smallest absolute Gasteiger partial charge is 0.407 e. The van der Waals surface area contributed by atoms with Crippen molar-refractivity contribution >= 4 is 76.7 Å². The molecule has 17 heteroatoms. The Morgan fingerprint density at radius 2 is 1.64 bits per heavy atom. The van der Waals surface area contributed by atoms with Gasteiger partial charge in [0.1, 0.15) is 24.2 Å². The van der Waals surface area contributed by atoms with Gasteiger partial charge in [0.05, 0.1) is 17.2 Å². The first-order chi connectivity index (χ1) is 24.9. The number of hydrogen-bond acceptors (Lipinski definition) is 11. The predicted molar refractivity (Wildman–Crippen MR) is 209 cm³/mol. The van der Waals surface area contributed by atoms with Crippen molar-refractivity contribution in [3.63, 3.8) is 0 Å². The van der Waals surface area contributed by atoms with Crippen LogP contribution in [0.15, 0.2) is 30.3 Å². The summed E-state index contributed by atoms with van der Waals surface area (Å²) in [5.41, 5.74) is -0.188. The summed E-state index contributed by atoms with van der Waals surface area (Å²) >= 11 is 4.63. The maximum atomic E-state index is 14.3. The molecule has 294 valence electrons. The monoisotopic (exact) mass is 794 g/mol. The summed E-state index contributed by atoms with van der Waals surface area (Å²) in [6.45, 7) is 9.10. The van der Waals surface area contributed by atoms with Gasteiger partial charge >= 0.3 is 6.09 Å². The SMILES string of the molecule is CSCC(NC(=O)[C@@H]1CC2(CN1C(=O)[C@@H](NC(=O)OCC(C)C)C(C)(C)C)SCCCS2)C(=O)C(=O)NCC(=O)NC(C(=O)N(C)C)c1ccccc1. The number of ether oxygens (including phenoxy) is 1. The van der Waals surface area contributed by atoms with E-state index in [1.54, 1.807) is 74.2 Å². The van der Waals surface area contributed by atoms with Gasteiger partial charge in [0.25, 0.3) is 5.91 Å². The minimum absolute atomic E-state index is 0.0563. The van der Waals surface area contributed by atoms with E-state index in [-0.39, 0.29) is 30.7 Å². The van der Waals surface area contributed by atoms with Gasteiger partial charge in [-0.15, -0.1) is 23.5 Å². The van der Waals surface area contributed by atoms with Crippen molar-refractivity contribution in [2.75, 3.05) is 57.3 Å². The fourth-order valence-corrected chi connectivity index (χ4v) is 9.69. The minimum atomic E-state index is -1.25. The number of benzene rings is 1. The van der Waals surface area contributed by atoms with Crippen LogP contribution in [0.1, 0.15) is 59.1 Å². The Balaban J connectivity index is 1.75. The zero-order valence-electron chi connectivity index (χ0n) is 31.8. The van der Waals surface area contributed by atoms with E-state index < -0.39 is 75.7 Å². The first kappa shape index (κ1) is 44.0. The van der Waals surface area contributed by atoms with Gasteiger partial charge in [0, 0.05) is 32.8 Å². The third-order valence-corrected chi connectivity index (χ3v) is 12.5. The molecule has 0 aliphatic carbocycles. The van der Waals surface area contributed by atoms with Crippen molar-refractivity contribution in [1.29, 1.82) is 0 Å². The van der Waals surface area contributed by atoms with E-state index in [2.05, 4.69) is 21.3 Å². The number of nitrogens with one attached hydrogen (secondary N) is 4. The number of ketones is 1. The lowest BCUT2D eigenvalue weighted by Crippen LogP contribution is -2.59. The molecule has 2 fully saturated rings. The molecule has 1 aromatic carbocycles. The van der Waals surface area contributed by atoms with Gasteiger partial charge < -0.3 is 35.8 Å². The number of carbonyl (C=O) groups is 7. The summed E-state index contributed by atoms with van der Waals surface area (Å²) in [5.74, 6) is -2.27. The van der Waals surface area contributed by atoms with Gasteiger partial charge in [-0.1, -0.05) is 65.0 Å². The molecule has 14 nitrogen and oxygen atoms in total. The second kappa shape index (κ2) is 19.8. The summed E-state index contributed by atoms with van der Waals surface area (Å²) in [6, 6.07) is 4.38. The van der Waals surface area contributed by atoms with Crippen LogP contribution in [0.3, 0.4) is 0 Å². The van der Waals surface area contributed by atoms with Crippen LogP contribution in [0.5, 0.6) is 0 Å². The predicted octanol–water partition coefficient (Wildman–Crippen LogP) is 2.43. The number of nitrogens with zero attached hydrogens (tertiary/aromatic N) is 2. The van der Waals surface area contributed by atoms with E-state index in [0.717, 1.165) is 17.9 Å². The van der Waals surface area contributed by atoms with Crippen molar-refractivity contribution in [2.24, 2.45) is 11.3 Å². The largest absolute Gasteiger partial charge is 0.449 e. The van der Waals surface area contributed by atoms with E-state index in [9.17, 15) is 33.6 Å². The van der Waals surface area contributed by atoms with E-state index in [4.69, 9.17) is 4.74 Å². The highest BCUT2D eigenvalue weighted by Crippen LogP contribution is 2.50. The van der Waals surface area contributed by atoms with Crippen LogP contribution in [0.2, 0.25) is 0 Å².